The number of morpholine rings is 1. The highest BCUT2D eigenvalue weighted by molar-refractivity contribution is 5.80. The number of hydrogen-bond acceptors (Lipinski definition) is 6. The molecule has 1 atom stereocenters. The van der Waals surface area contributed by atoms with Gasteiger partial charge in [-0.2, -0.15) is 0 Å². The van der Waals surface area contributed by atoms with E-state index in [-0.39, 0.29) is 17.9 Å². The van der Waals surface area contributed by atoms with Crippen LogP contribution in [0.4, 0.5) is 0 Å². The first-order valence-electron chi connectivity index (χ1n) is 10.6. The molecule has 2 fully saturated rings. The zero-order valence-corrected chi connectivity index (χ0v) is 17.9. The van der Waals surface area contributed by atoms with Crippen molar-refractivity contribution in [1.29, 1.82) is 0 Å². The van der Waals surface area contributed by atoms with Gasteiger partial charge in [-0.1, -0.05) is 0 Å². The number of hydrogen-bond donors (Lipinski definition) is 1. The van der Waals surface area contributed by atoms with Gasteiger partial charge in [0.1, 0.15) is 11.5 Å². The molecule has 8 heteroatoms. The van der Waals surface area contributed by atoms with Crippen molar-refractivity contribution in [3.8, 4) is 0 Å². The van der Waals surface area contributed by atoms with Crippen LogP contribution in [0.3, 0.4) is 0 Å². The van der Waals surface area contributed by atoms with E-state index in [1.807, 2.05) is 13.0 Å². The summed E-state index contributed by atoms with van der Waals surface area (Å²) in [5.41, 5.74) is 0. The van der Waals surface area contributed by atoms with E-state index in [9.17, 15) is 4.79 Å². The summed E-state index contributed by atoms with van der Waals surface area (Å²) in [5, 5.41) is 3.41. The van der Waals surface area contributed by atoms with Crippen molar-refractivity contribution in [2.75, 3.05) is 59.6 Å². The Balaban J connectivity index is 1.70. The number of aliphatic imine (C=N–C) groups is 1. The van der Waals surface area contributed by atoms with Gasteiger partial charge in [0.25, 0.3) is 0 Å². The van der Waals surface area contributed by atoms with Gasteiger partial charge in [0.15, 0.2) is 5.96 Å². The van der Waals surface area contributed by atoms with Crippen LogP contribution in [-0.4, -0.2) is 81.3 Å². The van der Waals surface area contributed by atoms with Crippen LogP contribution in [0.2, 0.25) is 0 Å². The van der Waals surface area contributed by atoms with Crippen LogP contribution in [0, 0.1) is 12.8 Å². The highest BCUT2D eigenvalue weighted by Gasteiger charge is 2.28. The Kier molecular flexibility index (Phi) is 7.94. The monoisotopic (exact) mass is 406 g/mol. The molecule has 29 heavy (non-hydrogen) atoms. The van der Waals surface area contributed by atoms with Gasteiger partial charge >= 0.3 is 5.97 Å². The molecule has 8 nitrogen and oxygen atoms in total. The number of carbonyl (C=O) groups excluding carboxylic acids is 1. The number of aryl methyl sites for hydroxylation is 1. The largest absolute Gasteiger partial charge is 0.469 e. The molecule has 0 saturated carbocycles. The summed E-state index contributed by atoms with van der Waals surface area (Å²) < 4.78 is 16.4. The summed E-state index contributed by atoms with van der Waals surface area (Å²) in [7, 11) is 1.46. The molecule has 2 aliphatic rings. The number of esters is 1. The Bertz CT molecular complexity index is 676. The van der Waals surface area contributed by atoms with Gasteiger partial charge in [0.2, 0.25) is 0 Å². The molecule has 0 amide bonds. The minimum atomic E-state index is -0.104. The summed E-state index contributed by atoms with van der Waals surface area (Å²) >= 11 is 0. The molecule has 1 N–H and O–H groups in total. The lowest BCUT2D eigenvalue weighted by atomic mass is 9.97. The number of carbonyl (C=O) groups is 1. The standard InChI is InChI=1S/C21H34N4O4/c1-4-22-21(25-9-7-17(8-10-25)20(26)27-3)23-15-18(19-6-5-16(2)29-19)24-11-13-28-14-12-24/h5-6,17-18H,4,7-15H2,1-3H3,(H,22,23). The fraction of sp³-hybridized carbons (Fsp3) is 0.714. The predicted octanol–water partition coefficient (Wildman–Crippen LogP) is 1.81. The zero-order chi connectivity index (χ0) is 20.6. The maximum atomic E-state index is 11.8. The van der Waals surface area contributed by atoms with Crippen LogP contribution in [0.5, 0.6) is 0 Å². The smallest absolute Gasteiger partial charge is 0.308 e. The molecule has 1 aromatic heterocycles. The van der Waals surface area contributed by atoms with Crippen LogP contribution in [0.1, 0.15) is 37.3 Å². The summed E-state index contributed by atoms with van der Waals surface area (Å²) in [4.78, 5) is 21.4. The van der Waals surface area contributed by atoms with Crippen LogP contribution in [0.15, 0.2) is 21.5 Å². The second kappa shape index (κ2) is 10.6. The predicted molar refractivity (Wildman–Crippen MR) is 111 cm³/mol. The SMILES string of the molecule is CCNC(=NCC(c1ccc(C)o1)N1CCOCC1)N1CCC(C(=O)OC)CC1. The number of piperidine rings is 1. The Morgan fingerprint density at radius 3 is 2.59 bits per heavy atom. The zero-order valence-electron chi connectivity index (χ0n) is 17.9. The number of furan rings is 1. The second-order valence-corrected chi connectivity index (χ2v) is 7.59. The highest BCUT2D eigenvalue weighted by Crippen LogP contribution is 2.25. The third kappa shape index (κ3) is 5.73. The van der Waals surface area contributed by atoms with E-state index >= 15 is 0 Å². The van der Waals surface area contributed by atoms with Gasteiger partial charge in [-0.05, 0) is 38.8 Å². The number of nitrogens with one attached hydrogen (secondary N) is 1. The molecule has 2 saturated heterocycles. The van der Waals surface area contributed by atoms with Gasteiger partial charge in [0, 0.05) is 32.7 Å². The van der Waals surface area contributed by atoms with Crippen molar-refractivity contribution in [2.24, 2.45) is 10.9 Å². The fourth-order valence-electron chi connectivity index (χ4n) is 4.00. The third-order valence-corrected chi connectivity index (χ3v) is 5.65. The Morgan fingerprint density at radius 1 is 1.28 bits per heavy atom. The topological polar surface area (TPSA) is 79.5 Å². The van der Waals surface area contributed by atoms with Gasteiger partial charge in [-0.3, -0.25) is 14.7 Å². The van der Waals surface area contributed by atoms with E-state index in [4.69, 9.17) is 18.9 Å². The van der Waals surface area contributed by atoms with E-state index < -0.39 is 0 Å². The van der Waals surface area contributed by atoms with Crippen molar-refractivity contribution >= 4 is 11.9 Å². The highest BCUT2D eigenvalue weighted by atomic mass is 16.5. The average molecular weight is 407 g/mol. The maximum absolute atomic E-state index is 11.8. The molecule has 3 heterocycles. The number of nitrogens with zero attached hydrogens (tertiary/aromatic N) is 3. The van der Waals surface area contributed by atoms with Crippen LogP contribution >= 0.6 is 0 Å². The van der Waals surface area contributed by atoms with E-state index in [1.54, 1.807) is 0 Å². The molecule has 0 spiro atoms. The molecule has 1 unspecified atom stereocenters. The van der Waals surface area contributed by atoms with Crippen LogP contribution in [0.25, 0.3) is 0 Å². The van der Waals surface area contributed by atoms with Gasteiger partial charge in [-0.15, -0.1) is 0 Å². The van der Waals surface area contributed by atoms with Crippen LogP contribution in [-0.2, 0) is 14.3 Å². The summed E-state index contributed by atoms with van der Waals surface area (Å²) in [6.07, 6.45) is 1.59. The Morgan fingerprint density at radius 2 is 2.00 bits per heavy atom. The summed E-state index contributed by atoms with van der Waals surface area (Å²) in [6, 6.07) is 4.16. The average Bonchev–Trinajstić information content (AvgIpc) is 3.19. The minimum Gasteiger partial charge on any atom is -0.469 e. The first-order valence-corrected chi connectivity index (χ1v) is 10.6. The first-order chi connectivity index (χ1) is 14.1. The number of ether oxygens (including phenoxy) is 2. The molecule has 2 aliphatic heterocycles. The van der Waals surface area contributed by atoms with E-state index in [0.29, 0.717) is 6.54 Å². The molecule has 1 aromatic rings. The van der Waals surface area contributed by atoms with Gasteiger partial charge in [-0.25, -0.2) is 0 Å². The molecular formula is C21H34N4O4. The molecule has 3 rings (SSSR count). The molecule has 162 valence electrons. The third-order valence-electron chi connectivity index (χ3n) is 5.65. The van der Waals surface area contributed by atoms with Crippen molar-refractivity contribution in [2.45, 2.75) is 32.7 Å². The van der Waals surface area contributed by atoms with Crippen molar-refractivity contribution in [1.82, 2.24) is 15.1 Å². The molecular weight excluding hydrogens is 372 g/mol. The molecule has 0 bridgehead atoms. The number of methoxy groups -OCH3 is 1. The summed E-state index contributed by atoms with van der Waals surface area (Å²) in [6.45, 7) is 10.3. The molecule has 0 aromatic carbocycles. The fourth-order valence-corrected chi connectivity index (χ4v) is 4.00. The van der Waals surface area contributed by atoms with Crippen molar-refractivity contribution in [3.63, 3.8) is 0 Å². The quantitative estimate of drug-likeness (QED) is 0.438. The van der Waals surface area contributed by atoms with Crippen molar-refractivity contribution in [3.05, 3.63) is 23.7 Å². The lowest BCUT2D eigenvalue weighted by molar-refractivity contribution is -0.146. The minimum absolute atomic E-state index is 0.00804. The Labute approximate surface area is 173 Å². The van der Waals surface area contributed by atoms with E-state index in [0.717, 1.165) is 76.3 Å². The number of rotatable bonds is 6. The lowest BCUT2D eigenvalue weighted by Gasteiger charge is -2.35. The molecule has 0 radical (unpaired) electrons. The number of guanidine groups is 1. The van der Waals surface area contributed by atoms with Gasteiger partial charge < -0.3 is 24.1 Å². The first kappa shape index (κ1) is 21.6. The maximum Gasteiger partial charge on any atom is 0.308 e. The van der Waals surface area contributed by atoms with Gasteiger partial charge in [0.05, 0.1) is 38.8 Å². The second-order valence-electron chi connectivity index (χ2n) is 7.59. The summed E-state index contributed by atoms with van der Waals surface area (Å²) in [5.74, 6) is 2.66. The normalized spacial score (nSPS) is 20.5. The molecule has 0 aliphatic carbocycles. The Hall–Kier alpha value is -2.06. The van der Waals surface area contributed by atoms with E-state index in [2.05, 4.69) is 28.1 Å². The number of likely N-dealkylation sites (tertiary alicyclic amines) is 1. The lowest BCUT2D eigenvalue weighted by Crippen LogP contribution is -2.47. The van der Waals surface area contributed by atoms with E-state index in [1.165, 1.54) is 7.11 Å². The van der Waals surface area contributed by atoms with Crippen molar-refractivity contribution < 1.29 is 18.7 Å². The van der Waals surface area contributed by atoms with Crippen LogP contribution < -0.4 is 5.32 Å².